The van der Waals surface area contributed by atoms with Gasteiger partial charge in [0.2, 0.25) is 0 Å². The SMILES string of the molecule is CCCCCOc1ccc(C(=O)c2ccc(Cl)nc2)cc1. The Morgan fingerprint density at radius 1 is 1.10 bits per heavy atom. The standard InChI is InChI=1S/C17H18ClNO2/c1-2-3-4-11-21-15-8-5-13(6-9-15)17(20)14-7-10-16(18)19-12-14/h5-10,12H,2-4,11H2,1H3. The molecule has 0 atom stereocenters. The lowest BCUT2D eigenvalue weighted by Gasteiger charge is -2.06. The minimum absolute atomic E-state index is 0.0725. The topological polar surface area (TPSA) is 39.2 Å². The number of ketones is 1. The molecule has 0 amide bonds. The minimum Gasteiger partial charge on any atom is -0.494 e. The number of benzene rings is 1. The Labute approximate surface area is 129 Å². The van der Waals surface area contributed by atoms with Gasteiger partial charge in [-0.25, -0.2) is 4.98 Å². The third-order valence-electron chi connectivity index (χ3n) is 3.12. The first kappa shape index (κ1) is 15.5. The van der Waals surface area contributed by atoms with Gasteiger partial charge >= 0.3 is 0 Å². The molecule has 0 N–H and O–H groups in total. The summed E-state index contributed by atoms with van der Waals surface area (Å²) in [5.74, 6) is 0.716. The minimum atomic E-state index is -0.0725. The normalized spacial score (nSPS) is 10.4. The molecule has 0 saturated carbocycles. The molecule has 0 bridgehead atoms. The van der Waals surface area contributed by atoms with Crippen molar-refractivity contribution in [3.8, 4) is 5.75 Å². The fraction of sp³-hybridized carbons (Fsp3) is 0.294. The van der Waals surface area contributed by atoms with Gasteiger partial charge in [0.05, 0.1) is 6.61 Å². The average molecular weight is 304 g/mol. The molecular weight excluding hydrogens is 286 g/mol. The molecule has 0 fully saturated rings. The molecule has 0 aliphatic carbocycles. The van der Waals surface area contributed by atoms with E-state index in [2.05, 4.69) is 11.9 Å². The predicted octanol–water partition coefficient (Wildman–Crippen LogP) is 4.54. The number of ether oxygens (including phenoxy) is 1. The number of hydrogen-bond acceptors (Lipinski definition) is 3. The van der Waals surface area contributed by atoms with Gasteiger partial charge in [-0.15, -0.1) is 0 Å². The van der Waals surface area contributed by atoms with Crippen molar-refractivity contribution in [1.82, 2.24) is 4.98 Å². The van der Waals surface area contributed by atoms with E-state index in [0.717, 1.165) is 12.2 Å². The van der Waals surface area contributed by atoms with Crippen LogP contribution >= 0.6 is 11.6 Å². The highest BCUT2D eigenvalue weighted by Crippen LogP contribution is 2.16. The highest BCUT2D eigenvalue weighted by molar-refractivity contribution is 6.29. The van der Waals surface area contributed by atoms with Crippen LogP contribution in [0.1, 0.15) is 42.1 Å². The number of carbonyl (C=O) groups excluding carboxylic acids is 1. The zero-order chi connectivity index (χ0) is 15.1. The zero-order valence-electron chi connectivity index (χ0n) is 12.0. The average Bonchev–Trinajstić information content (AvgIpc) is 2.52. The lowest BCUT2D eigenvalue weighted by atomic mass is 10.1. The summed E-state index contributed by atoms with van der Waals surface area (Å²) >= 11 is 5.72. The predicted molar refractivity (Wildman–Crippen MR) is 84.1 cm³/mol. The third kappa shape index (κ3) is 4.57. The summed E-state index contributed by atoms with van der Waals surface area (Å²) in [4.78, 5) is 16.2. The molecule has 1 aromatic carbocycles. The molecular formula is C17H18ClNO2. The number of carbonyl (C=O) groups is 1. The summed E-state index contributed by atoms with van der Waals surface area (Å²) in [7, 11) is 0. The molecule has 1 aromatic heterocycles. The van der Waals surface area contributed by atoms with Crippen LogP contribution in [-0.4, -0.2) is 17.4 Å². The first-order valence-electron chi connectivity index (χ1n) is 7.10. The molecule has 4 heteroatoms. The number of unbranched alkanes of at least 4 members (excludes halogenated alkanes) is 2. The highest BCUT2D eigenvalue weighted by atomic mass is 35.5. The molecule has 0 saturated heterocycles. The van der Waals surface area contributed by atoms with Crippen molar-refractivity contribution in [1.29, 1.82) is 0 Å². The van der Waals surface area contributed by atoms with Crippen LogP contribution < -0.4 is 4.74 Å². The number of nitrogens with zero attached hydrogens (tertiary/aromatic N) is 1. The number of pyridine rings is 1. The Bertz CT molecular complexity index is 579. The van der Waals surface area contributed by atoms with Crippen LogP contribution in [0.4, 0.5) is 0 Å². The second-order valence-electron chi connectivity index (χ2n) is 4.78. The first-order valence-corrected chi connectivity index (χ1v) is 7.47. The van der Waals surface area contributed by atoms with E-state index in [9.17, 15) is 4.79 Å². The number of hydrogen-bond donors (Lipinski definition) is 0. The number of halogens is 1. The van der Waals surface area contributed by atoms with E-state index in [0.29, 0.717) is 22.9 Å². The maximum Gasteiger partial charge on any atom is 0.194 e. The molecule has 2 aromatic rings. The van der Waals surface area contributed by atoms with Gasteiger partial charge in [0.1, 0.15) is 10.9 Å². The van der Waals surface area contributed by atoms with Gasteiger partial charge in [-0.3, -0.25) is 4.79 Å². The molecule has 0 unspecified atom stereocenters. The van der Waals surface area contributed by atoms with Crippen molar-refractivity contribution in [3.63, 3.8) is 0 Å². The van der Waals surface area contributed by atoms with E-state index >= 15 is 0 Å². The van der Waals surface area contributed by atoms with E-state index in [1.54, 1.807) is 24.3 Å². The summed E-state index contributed by atoms with van der Waals surface area (Å²) in [5, 5.41) is 0.377. The van der Waals surface area contributed by atoms with Crippen LogP contribution in [0.2, 0.25) is 5.15 Å². The van der Waals surface area contributed by atoms with Crippen molar-refractivity contribution >= 4 is 17.4 Å². The molecule has 0 spiro atoms. The molecule has 2 rings (SSSR count). The lowest BCUT2D eigenvalue weighted by Crippen LogP contribution is -2.02. The van der Waals surface area contributed by atoms with Gasteiger partial charge in [-0.05, 0) is 42.8 Å². The van der Waals surface area contributed by atoms with Crippen LogP contribution in [0.25, 0.3) is 0 Å². The molecule has 1 heterocycles. The number of aromatic nitrogens is 1. The molecule has 21 heavy (non-hydrogen) atoms. The summed E-state index contributed by atoms with van der Waals surface area (Å²) < 4.78 is 5.62. The maximum atomic E-state index is 12.2. The van der Waals surface area contributed by atoms with Crippen molar-refractivity contribution in [2.45, 2.75) is 26.2 Å². The van der Waals surface area contributed by atoms with Crippen molar-refractivity contribution in [3.05, 3.63) is 58.9 Å². The van der Waals surface area contributed by atoms with Crippen LogP contribution in [0.15, 0.2) is 42.6 Å². The monoisotopic (exact) mass is 303 g/mol. The Morgan fingerprint density at radius 3 is 2.43 bits per heavy atom. The van der Waals surface area contributed by atoms with Gasteiger partial charge in [0.15, 0.2) is 5.78 Å². The van der Waals surface area contributed by atoms with Crippen molar-refractivity contribution in [2.75, 3.05) is 6.61 Å². The van der Waals surface area contributed by atoms with Gasteiger partial charge in [-0.1, -0.05) is 31.4 Å². The summed E-state index contributed by atoms with van der Waals surface area (Å²) in [6.07, 6.45) is 4.87. The summed E-state index contributed by atoms with van der Waals surface area (Å²) in [6.45, 7) is 2.87. The van der Waals surface area contributed by atoms with Crippen LogP contribution in [0.5, 0.6) is 5.75 Å². The Balaban J connectivity index is 1.98. The van der Waals surface area contributed by atoms with Gasteiger partial charge in [0, 0.05) is 17.3 Å². The van der Waals surface area contributed by atoms with Crippen molar-refractivity contribution in [2.24, 2.45) is 0 Å². The van der Waals surface area contributed by atoms with E-state index < -0.39 is 0 Å². The highest BCUT2D eigenvalue weighted by Gasteiger charge is 2.09. The lowest BCUT2D eigenvalue weighted by molar-refractivity contribution is 0.103. The molecule has 3 nitrogen and oxygen atoms in total. The van der Waals surface area contributed by atoms with E-state index in [1.165, 1.54) is 19.0 Å². The smallest absolute Gasteiger partial charge is 0.194 e. The molecule has 0 aliphatic rings. The van der Waals surface area contributed by atoms with Crippen LogP contribution in [0, 0.1) is 0 Å². The van der Waals surface area contributed by atoms with E-state index in [1.807, 2.05) is 12.1 Å². The van der Waals surface area contributed by atoms with E-state index in [4.69, 9.17) is 16.3 Å². The Kier molecular flexibility index (Phi) is 5.76. The molecule has 0 aliphatic heterocycles. The van der Waals surface area contributed by atoms with E-state index in [-0.39, 0.29) is 5.78 Å². The van der Waals surface area contributed by atoms with Crippen molar-refractivity contribution < 1.29 is 9.53 Å². The Hall–Kier alpha value is -1.87. The van der Waals surface area contributed by atoms with Crippen LogP contribution in [0.3, 0.4) is 0 Å². The quantitative estimate of drug-likeness (QED) is 0.428. The largest absolute Gasteiger partial charge is 0.494 e. The Morgan fingerprint density at radius 2 is 1.81 bits per heavy atom. The molecule has 110 valence electrons. The van der Waals surface area contributed by atoms with Gasteiger partial charge in [-0.2, -0.15) is 0 Å². The summed E-state index contributed by atoms with van der Waals surface area (Å²) in [6, 6.07) is 10.5. The van der Waals surface area contributed by atoms with Gasteiger partial charge < -0.3 is 4.74 Å². The fourth-order valence-corrected chi connectivity index (χ4v) is 2.03. The van der Waals surface area contributed by atoms with Crippen LogP contribution in [-0.2, 0) is 0 Å². The fourth-order valence-electron chi connectivity index (χ4n) is 1.92. The second kappa shape index (κ2) is 7.79. The second-order valence-corrected chi connectivity index (χ2v) is 5.17. The molecule has 0 radical (unpaired) electrons. The first-order chi connectivity index (χ1) is 10.2. The zero-order valence-corrected chi connectivity index (χ0v) is 12.8. The number of rotatable bonds is 7. The maximum absolute atomic E-state index is 12.2. The third-order valence-corrected chi connectivity index (χ3v) is 3.35. The van der Waals surface area contributed by atoms with Gasteiger partial charge in [0.25, 0.3) is 0 Å². The summed E-state index contributed by atoms with van der Waals surface area (Å²) in [5.41, 5.74) is 1.14.